The van der Waals surface area contributed by atoms with Gasteiger partial charge in [-0.2, -0.15) is 0 Å². The molecule has 1 aliphatic heterocycles. The summed E-state index contributed by atoms with van der Waals surface area (Å²) < 4.78 is 0. The number of rotatable bonds is 2. The second kappa shape index (κ2) is 5.38. The van der Waals surface area contributed by atoms with Crippen molar-refractivity contribution in [1.82, 2.24) is 9.97 Å². The van der Waals surface area contributed by atoms with Crippen molar-refractivity contribution in [3.8, 4) is 0 Å². The fourth-order valence-electron chi connectivity index (χ4n) is 3.71. The van der Waals surface area contributed by atoms with E-state index in [1.165, 1.54) is 51.1 Å². The van der Waals surface area contributed by atoms with Gasteiger partial charge in [-0.25, -0.2) is 14.8 Å². The highest BCUT2D eigenvalue weighted by atomic mass is 16.4. The van der Waals surface area contributed by atoms with Gasteiger partial charge in [0.15, 0.2) is 5.69 Å². The van der Waals surface area contributed by atoms with Gasteiger partial charge in [-0.15, -0.1) is 0 Å². The molecule has 3 rings (SSSR count). The maximum Gasteiger partial charge on any atom is 0.356 e. The molecule has 0 unspecified atom stereocenters. The van der Waals surface area contributed by atoms with Crippen LogP contribution in [0.5, 0.6) is 0 Å². The second-order valence-corrected chi connectivity index (χ2v) is 6.15. The molecule has 1 saturated heterocycles. The van der Waals surface area contributed by atoms with E-state index in [0.29, 0.717) is 5.41 Å². The summed E-state index contributed by atoms with van der Waals surface area (Å²) in [5.74, 6) is -0.203. The van der Waals surface area contributed by atoms with E-state index in [-0.39, 0.29) is 5.69 Å². The lowest BCUT2D eigenvalue weighted by molar-refractivity contribution is 0.0690. The molecular formula is C15H21N3O2. The first kappa shape index (κ1) is 13.3. The van der Waals surface area contributed by atoms with Crippen LogP contribution in [0.2, 0.25) is 0 Å². The lowest BCUT2D eigenvalue weighted by Gasteiger charge is -2.45. The molecule has 0 radical (unpaired) electrons. The van der Waals surface area contributed by atoms with E-state index in [4.69, 9.17) is 5.11 Å². The summed E-state index contributed by atoms with van der Waals surface area (Å²) in [5, 5.41) is 8.87. The molecule has 2 fully saturated rings. The molecule has 5 nitrogen and oxygen atoms in total. The minimum atomic E-state index is -1.02. The molecule has 108 valence electrons. The summed E-state index contributed by atoms with van der Waals surface area (Å²) >= 11 is 0. The van der Waals surface area contributed by atoms with Crippen molar-refractivity contribution in [3.05, 3.63) is 18.1 Å². The molecule has 1 aromatic rings. The van der Waals surface area contributed by atoms with Crippen molar-refractivity contribution in [3.63, 3.8) is 0 Å². The molecule has 0 amide bonds. The average molecular weight is 275 g/mol. The van der Waals surface area contributed by atoms with Gasteiger partial charge in [-0.3, -0.25) is 0 Å². The normalized spacial score (nSPS) is 21.9. The zero-order valence-electron chi connectivity index (χ0n) is 11.7. The van der Waals surface area contributed by atoms with Crippen molar-refractivity contribution in [1.29, 1.82) is 0 Å². The third kappa shape index (κ3) is 2.62. The zero-order valence-corrected chi connectivity index (χ0v) is 11.7. The van der Waals surface area contributed by atoms with Gasteiger partial charge in [-0.1, -0.05) is 19.3 Å². The number of nitrogens with zero attached hydrogens (tertiary/aromatic N) is 3. The number of hydrogen-bond acceptors (Lipinski definition) is 4. The molecule has 2 heterocycles. The van der Waals surface area contributed by atoms with Gasteiger partial charge < -0.3 is 10.0 Å². The quantitative estimate of drug-likeness (QED) is 0.899. The molecule has 1 aromatic heterocycles. The molecule has 1 aliphatic carbocycles. The van der Waals surface area contributed by atoms with Crippen molar-refractivity contribution in [2.24, 2.45) is 5.41 Å². The molecular weight excluding hydrogens is 254 g/mol. The molecule has 0 atom stereocenters. The Morgan fingerprint density at radius 1 is 1.10 bits per heavy atom. The van der Waals surface area contributed by atoms with Gasteiger partial charge in [-0.05, 0) is 31.1 Å². The van der Waals surface area contributed by atoms with Crippen LogP contribution in [0.25, 0.3) is 0 Å². The van der Waals surface area contributed by atoms with Crippen LogP contribution in [-0.2, 0) is 0 Å². The Morgan fingerprint density at radius 2 is 1.85 bits per heavy atom. The van der Waals surface area contributed by atoms with Gasteiger partial charge in [0.1, 0.15) is 5.82 Å². The van der Waals surface area contributed by atoms with Crippen molar-refractivity contribution in [2.45, 2.75) is 44.9 Å². The molecule has 2 aliphatic rings. The molecule has 0 aromatic carbocycles. The van der Waals surface area contributed by atoms with E-state index in [1.807, 2.05) is 0 Å². The van der Waals surface area contributed by atoms with Crippen LogP contribution < -0.4 is 4.90 Å². The van der Waals surface area contributed by atoms with Gasteiger partial charge in [0.2, 0.25) is 0 Å². The number of aromatic carboxylic acids is 1. The average Bonchev–Trinajstić information content (AvgIpc) is 2.48. The van der Waals surface area contributed by atoms with Crippen LogP contribution >= 0.6 is 0 Å². The molecule has 0 bridgehead atoms. The van der Waals surface area contributed by atoms with Crippen LogP contribution in [0.3, 0.4) is 0 Å². The Hall–Kier alpha value is -1.65. The Kier molecular flexibility index (Phi) is 3.59. The maximum absolute atomic E-state index is 10.8. The number of anilines is 1. The lowest BCUT2D eigenvalue weighted by atomic mass is 9.69. The van der Waals surface area contributed by atoms with Crippen molar-refractivity contribution >= 4 is 11.8 Å². The van der Waals surface area contributed by atoms with Crippen molar-refractivity contribution in [2.75, 3.05) is 18.0 Å². The topological polar surface area (TPSA) is 66.3 Å². The van der Waals surface area contributed by atoms with Crippen LogP contribution in [0.15, 0.2) is 12.4 Å². The highest BCUT2D eigenvalue weighted by Crippen LogP contribution is 2.43. The van der Waals surface area contributed by atoms with Crippen molar-refractivity contribution < 1.29 is 9.90 Å². The third-order valence-corrected chi connectivity index (χ3v) is 4.76. The first-order valence-corrected chi connectivity index (χ1v) is 7.49. The number of carbonyl (C=O) groups is 1. The number of piperidine rings is 1. The molecule has 20 heavy (non-hydrogen) atoms. The number of hydrogen-bond donors (Lipinski definition) is 1. The zero-order chi connectivity index (χ0) is 14.0. The van der Waals surface area contributed by atoms with Gasteiger partial charge in [0.05, 0.1) is 12.4 Å². The molecule has 5 heteroatoms. The smallest absolute Gasteiger partial charge is 0.356 e. The Balaban J connectivity index is 1.74. The standard InChI is InChI=1S/C15H21N3O2/c19-14(20)12-9-17-13(10-16-12)18-8-4-7-15(11-18)5-2-1-3-6-15/h9-10H,1-8,11H2,(H,19,20). The molecule has 1 N–H and O–H groups in total. The summed E-state index contributed by atoms with van der Waals surface area (Å²) in [6, 6.07) is 0. The minimum Gasteiger partial charge on any atom is -0.476 e. The Bertz CT molecular complexity index is 475. The van der Waals surface area contributed by atoms with E-state index in [1.54, 1.807) is 6.20 Å². The van der Waals surface area contributed by atoms with Gasteiger partial charge >= 0.3 is 5.97 Å². The van der Waals surface area contributed by atoms with E-state index in [0.717, 1.165) is 18.9 Å². The van der Waals surface area contributed by atoms with Crippen LogP contribution in [0.4, 0.5) is 5.82 Å². The fraction of sp³-hybridized carbons (Fsp3) is 0.667. The van der Waals surface area contributed by atoms with E-state index >= 15 is 0 Å². The fourth-order valence-corrected chi connectivity index (χ4v) is 3.71. The summed E-state index contributed by atoms with van der Waals surface area (Å²) in [4.78, 5) is 21.4. The summed E-state index contributed by atoms with van der Waals surface area (Å²) in [6.07, 6.45) is 12.2. The second-order valence-electron chi connectivity index (χ2n) is 6.15. The monoisotopic (exact) mass is 275 g/mol. The first-order chi connectivity index (χ1) is 9.69. The molecule has 1 spiro atoms. The predicted molar refractivity (Wildman–Crippen MR) is 76.0 cm³/mol. The summed E-state index contributed by atoms with van der Waals surface area (Å²) in [7, 11) is 0. The Morgan fingerprint density at radius 3 is 2.50 bits per heavy atom. The third-order valence-electron chi connectivity index (χ3n) is 4.76. The predicted octanol–water partition coefficient (Wildman–Crippen LogP) is 2.73. The first-order valence-electron chi connectivity index (χ1n) is 7.49. The van der Waals surface area contributed by atoms with E-state index in [9.17, 15) is 4.79 Å². The van der Waals surface area contributed by atoms with Gasteiger partial charge in [0, 0.05) is 13.1 Å². The van der Waals surface area contributed by atoms with E-state index < -0.39 is 5.97 Å². The highest BCUT2D eigenvalue weighted by molar-refractivity contribution is 5.84. The van der Waals surface area contributed by atoms with E-state index in [2.05, 4.69) is 14.9 Å². The lowest BCUT2D eigenvalue weighted by Crippen LogP contribution is -2.44. The minimum absolute atomic E-state index is 0.0122. The summed E-state index contributed by atoms with van der Waals surface area (Å²) in [5.41, 5.74) is 0.474. The largest absolute Gasteiger partial charge is 0.476 e. The maximum atomic E-state index is 10.8. The summed E-state index contributed by atoms with van der Waals surface area (Å²) in [6.45, 7) is 2.05. The van der Waals surface area contributed by atoms with Crippen LogP contribution in [0.1, 0.15) is 55.4 Å². The number of carboxylic acid groups (broad SMARTS) is 1. The van der Waals surface area contributed by atoms with Crippen LogP contribution in [-0.4, -0.2) is 34.1 Å². The molecule has 1 saturated carbocycles. The number of carboxylic acids is 1. The van der Waals surface area contributed by atoms with Gasteiger partial charge in [0.25, 0.3) is 0 Å². The number of aromatic nitrogens is 2. The van der Waals surface area contributed by atoms with Crippen LogP contribution in [0, 0.1) is 5.41 Å². The Labute approximate surface area is 119 Å². The SMILES string of the molecule is O=C(O)c1cnc(N2CCCC3(CCCCC3)C2)cn1. The highest BCUT2D eigenvalue weighted by Gasteiger charge is 2.36.